The van der Waals surface area contributed by atoms with E-state index < -0.39 is 17.8 Å². The Morgan fingerprint density at radius 2 is 1.54 bits per heavy atom. The fraction of sp³-hybridized carbons (Fsp3) is 0.150. The van der Waals surface area contributed by atoms with E-state index in [9.17, 15) is 14.4 Å². The SMILES string of the molecule is O=C(O)CCCNC(=O)C(=Cc1ccccc1)NC(=O)c1ccccc1. The van der Waals surface area contributed by atoms with E-state index in [2.05, 4.69) is 10.6 Å². The molecule has 0 heterocycles. The monoisotopic (exact) mass is 352 g/mol. The van der Waals surface area contributed by atoms with Crippen molar-refractivity contribution in [1.29, 1.82) is 0 Å². The van der Waals surface area contributed by atoms with Gasteiger partial charge in [-0.25, -0.2) is 0 Å². The molecule has 0 aliphatic heterocycles. The summed E-state index contributed by atoms with van der Waals surface area (Å²) in [5, 5.41) is 13.9. The molecule has 0 saturated carbocycles. The summed E-state index contributed by atoms with van der Waals surface area (Å²) in [7, 11) is 0. The average molecular weight is 352 g/mol. The molecule has 0 aliphatic rings. The molecule has 0 aliphatic carbocycles. The molecule has 6 heteroatoms. The van der Waals surface area contributed by atoms with Gasteiger partial charge in [-0.1, -0.05) is 48.5 Å². The molecule has 0 spiro atoms. The van der Waals surface area contributed by atoms with Crippen LogP contribution in [0.1, 0.15) is 28.8 Å². The van der Waals surface area contributed by atoms with Crippen LogP contribution in [0.15, 0.2) is 66.4 Å². The van der Waals surface area contributed by atoms with Gasteiger partial charge in [-0.2, -0.15) is 0 Å². The Bertz CT molecular complexity index is 786. The quantitative estimate of drug-likeness (QED) is 0.502. The first-order valence-corrected chi connectivity index (χ1v) is 8.19. The van der Waals surface area contributed by atoms with Gasteiger partial charge in [0.15, 0.2) is 0 Å². The molecule has 6 nitrogen and oxygen atoms in total. The lowest BCUT2D eigenvalue weighted by molar-refractivity contribution is -0.137. The summed E-state index contributed by atoms with van der Waals surface area (Å²) >= 11 is 0. The Morgan fingerprint density at radius 3 is 2.15 bits per heavy atom. The number of hydrogen-bond acceptors (Lipinski definition) is 3. The van der Waals surface area contributed by atoms with Gasteiger partial charge >= 0.3 is 5.97 Å². The minimum Gasteiger partial charge on any atom is -0.481 e. The molecule has 2 rings (SSSR count). The highest BCUT2D eigenvalue weighted by atomic mass is 16.4. The van der Waals surface area contributed by atoms with E-state index in [1.165, 1.54) is 0 Å². The van der Waals surface area contributed by atoms with Gasteiger partial charge in [0.2, 0.25) is 0 Å². The molecule has 0 atom stereocenters. The van der Waals surface area contributed by atoms with Crippen LogP contribution in [0.25, 0.3) is 6.08 Å². The highest BCUT2D eigenvalue weighted by molar-refractivity contribution is 6.05. The van der Waals surface area contributed by atoms with Crippen molar-refractivity contribution in [3.05, 3.63) is 77.5 Å². The second-order valence-corrected chi connectivity index (χ2v) is 5.54. The molecule has 26 heavy (non-hydrogen) atoms. The van der Waals surface area contributed by atoms with Crippen LogP contribution in [0, 0.1) is 0 Å². The molecule has 2 aromatic rings. The maximum atomic E-state index is 12.4. The Balaban J connectivity index is 2.11. The van der Waals surface area contributed by atoms with Gasteiger partial charge in [0, 0.05) is 18.5 Å². The summed E-state index contributed by atoms with van der Waals surface area (Å²) in [4.78, 5) is 35.3. The second-order valence-electron chi connectivity index (χ2n) is 5.54. The van der Waals surface area contributed by atoms with Crippen LogP contribution >= 0.6 is 0 Å². The maximum Gasteiger partial charge on any atom is 0.303 e. The fourth-order valence-corrected chi connectivity index (χ4v) is 2.20. The third-order valence-corrected chi connectivity index (χ3v) is 3.49. The van der Waals surface area contributed by atoms with Crippen molar-refractivity contribution < 1.29 is 19.5 Å². The molecule has 0 unspecified atom stereocenters. The number of carbonyl (C=O) groups excluding carboxylic acids is 2. The number of nitrogens with one attached hydrogen (secondary N) is 2. The van der Waals surface area contributed by atoms with Crippen molar-refractivity contribution in [3.8, 4) is 0 Å². The molecule has 0 fully saturated rings. The van der Waals surface area contributed by atoms with E-state index in [0.29, 0.717) is 12.0 Å². The Kier molecular flexibility index (Phi) is 7.12. The number of rotatable bonds is 8. The number of benzene rings is 2. The minimum absolute atomic E-state index is 0.0333. The predicted octanol–water partition coefficient (Wildman–Crippen LogP) is 2.44. The van der Waals surface area contributed by atoms with Crippen LogP contribution in [-0.4, -0.2) is 29.4 Å². The molecule has 134 valence electrons. The number of carboxylic acids is 1. The molecule has 0 aromatic heterocycles. The highest BCUT2D eigenvalue weighted by Gasteiger charge is 2.14. The van der Waals surface area contributed by atoms with E-state index in [-0.39, 0.29) is 18.7 Å². The first-order valence-electron chi connectivity index (χ1n) is 8.19. The van der Waals surface area contributed by atoms with Crippen molar-refractivity contribution >= 4 is 23.9 Å². The minimum atomic E-state index is -0.920. The average Bonchev–Trinajstić information content (AvgIpc) is 2.66. The largest absolute Gasteiger partial charge is 0.481 e. The van der Waals surface area contributed by atoms with Crippen molar-refractivity contribution in [2.45, 2.75) is 12.8 Å². The molecule has 3 N–H and O–H groups in total. The van der Waals surface area contributed by atoms with Crippen molar-refractivity contribution in [1.82, 2.24) is 10.6 Å². The maximum absolute atomic E-state index is 12.4. The predicted molar refractivity (Wildman–Crippen MR) is 98.2 cm³/mol. The third-order valence-electron chi connectivity index (χ3n) is 3.49. The molecular formula is C20H20N2O4. The summed E-state index contributed by atoms with van der Waals surface area (Å²) in [5.41, 5.74) is 1.29. The van der Waals surface area contributed by atoms with E-state index in [1.807, 2.05) is 30.3 Å². The zero-order valence-electron chi connectivity index (χ0n) is 14.1. The van der Waals surface area contributed by atoms with Crippen molar-refractivity contribution in [3.63, 3.8) is 0 Å². The van der Waals surface area contributed by atoms with Gasteiger partial charge in [-0.3, -0.25) is 14.4 Å². The third kappa shape index (κ3) is 6.24. The lowest BCUT2D eigenvalue weighted by Gasteiger charge is -2.11. The summed E-state index contributed by atoms with van der Waals surface area (Å²) in [6, 6.07) is 17.7. The molecule has 2 aromatic carbocycles. The topological polar surface area (TPSA) is 95.5 Å². The lowest BCUT2D eigenvalue weighted by Crippen LogP contribution is -2.35. The first kappa shape index (κ1) is 18.9. The number of carboxylic acid groups (broad SMARTS) is 1. The van der Waals surface area contributed by atoms with Gasteiger partial charge in [0.05, 0.1) is 0 Å². The van der Waals surface area contributed by atoms with Gasteiger partial charge in [0.25, 0.3) is 11.8 Å². The van der Waals surface area contributed by atoms with Gasteiger partial charge in [-0.05, 0) is 30.2 Å². The summed E-state index contributed by atoms with van der Waals surface area (Å²) in [5.74, 6) is -1.78. The van der Waals surface area contributed by atoms with E-state index in [1.54, 1.807) is 36.4 Å². The zero-order valence-corrected chi connectivity index (χ0v) is 14.1. The van der Waals surface area contributed by atoms with Crippen LogP contribution in [0.5, 0.6) is 0 Å². The van der Waals surface area contributed by atoms with Crippen LogP contribution in [0.3, 0.4) is 0 Å². The molecule has 0 bridgehead atoms. The molecule has 0 saturated heterocycles. The van der Waals surface area contributed by atoms with E-state index in [0.717, 1.165) is 5.56 Å². The second kappa shape index (κ2) is 9.78. The van der Waals surface area contributed by atoms with Crippen LogP contribution in [0.4, 0.5) is 0 Å². The summed E-state index contributed by atoms with van der Waals surface area (Å²) in [6.07, 6.45) is 1.86. The lowest BCUT2D eigenvalue weighted by atomic mass is 10.1. The van der Waals surface area contributed by atoms with E-state index in [4.69, 9.17) is 5.11 Å². The number of amides is 2. The Morgan fingerprint density at radius 1 is 0.923 bits per heavy atom. The zero-order chi connectivity index (χ0) is 18.8. The summed E-state index contributed by atoms with van der Waals surface area (Å²) < 4.78 is 0. The first-order chi connectivity index (χ1) is 12.6. The van der Waals surface area contributed by atoms with Gasteiger partial charge in [-0.15, -0.1) is 0 Å². The summed E-state index contributed by atoms with van der Waals surface area (Å²) in [6.45, 7) is 0.207. The van der Waals surface area contributed by atoms with Crippen LogP contribution in [0.2, 0.25) is 0 Å². The van der Waals surface area contributed by atoms with Gasteiger partial charge in [0.1, 0.15) is 5.70 Å². The molecule has 2 amide bonds. The van der Waals surface area contributed by atoms with Crippen LogP contribution in [-0.2, 0) is 9.59 Å². The fourth-order valence-electron chi connectivity index (χ4n) is 2.20. The smallest absolute Gasteiger partial charge is 0.303 e. The normalized spacial score (nSPS) is 10.8. The molecular weight excluding hydrogens is 332 g/mol. The van der Waals surface area contributed by atoms with Gasteiger partial charge < -0.3 is 15.7 Å². The number of aliphatic carboxylic acids is 1. The van der Waals surface area contributed by atoms with Crippen molar-refractivity contribution in [2.24, 2.45) is 0 Å². The number of carbonyl (C=O) groups is 3. The van der Waals surface area contributed by atoms with E-state index >= 15 is 0 Å². The molecule has 0 radical (unpaired) electrons. The van der Waals surface area contributed by atoms with Crippen LogP contribution < -0.4 is 10.6 Å². The number of hydrogen-bond donors (Lipinski definition) is 3. The van der Waals surface area contributed by atoms with Crippen molar-refractivity contribution in [2.75, 3.05) is 6.54 Å². The highest BCUT2D eigenvalue weighted by Crippen LogP contribution is 2.07. The Labute approximate surface area is 151 Å². The Hall–Kier alpha value is -3.41. The standard InChI is InChI=1S/C20H20N2O4/c23-18(24)12-7-13-21-20(26)17(14-15-8-3-1-4-9-15)22-19(25)16-10-5-2-6-11-16/h1-6,8-11,14H,7,12-13H2,(H,21,26)(H,22,25)(H,23,24).